The summed E-state index contributed by atoms with van der Waals surface area (Å²) in [6.45, 7) is 7.59. The Morgan fingerprint density at radius 1 is 1.40 bits per heavy atom. The Hall–Kier alpha value is -1.22. The number of hydrogen-bond donors (Lipinski definition) is 2. The molecule has 3 nitrogen and oxygen atoms in total. The Morgan fingerprint density at radius 2 is 2.13 bits per heavy atom. The lowest BCUT2D eigenvalue weighted by atomic mass is 10.1. The van der Waals surface area contributed by atoms with Gasteiger partial charge in [0, 0.05) is 6.54 Å². The van der Waals surface area contributed by atoms with E-state index in [1.807, 2.05) is 39.0 Å². The number of nitrogens with one attached hydrogen (secondary N) is 1. The van der Waals surface area contributed by atoms with Gasteiger partial charge in [0.25, 0.3) is 0 Å². The predicted molar refractivity (Wildman–Crippen MR) is 65.2 cm³/mol. The molecule has 0 bridgehead atoms. The first-order chi connectivity index (χ1) is 7.11. The number of anilines is 2. The van der Waals surface area contributed by atoms with Crippen molar-refractivity contribution in [1.82, 2.24) is 0 Å². The van der Waals surface area contributed by atoms with Gasteiger partial charge in [-0.1, -0.05) is 12.1 Å². The van der Waals surface area contributed by atoms with E-state index in [1.165, 1.54) is 5.56 Å². The summed E-state index contributed by atoms with van der Waals surface area (Å²) >= 11 is 0. The fourth-order valence-corrected chi connectivity index (χ4v) is 1.40. The van der Waals surface area contributed by atoms with Crippen molar-refractivity contribution in [1.29, 1.82) is 0 Å². The third-order valence-electron chi connectivity index (χ3n) is 2.16. The third-order valence-corrected chi connectivity index (χ3v) is 2.16. The van der Waals surface area contributed by atoms with E-state index in [2.05, 4.69) is 5.32 Å². The van der Waals surface area contributed by atoms with Crippen molar-refractivity contribution < 1.29 is 4.74 Å². The van der Waals surface area contributed by atoms with Crippen LogP contribution in [0.3, 0.4) is 0 Å². The fourth-order valence-electron chi connectivity index (χ4n) is 1.40. The Balaban J connectivity index is 2.43. The standard InChI is InChI=1S/C12H20N2O/c1-9(2)15-8-7-14-12-10(3)5-4-6-11(12)13/h4-6,9,14H,7-8,13H2,1-3H3. The van der Waals surface area contributed by atoms with Gasteiger partial charge in [-0.2, -0.15) is 0 Å². The van der Waals surface area contributed by atoms with Crippen LogP contribution in [0, 0.1) is 6.92 Å². The van der Waals surface area contributed by atoms with E-state index >= 15 is 0 Å². The first-order valence-electron chi connectivity index (χ1n) is 5.32. The molecule has 0 amide bonds. The van der Waals surface area contributed by atoms with E-state index in [1.54, 1.807) is 0 Å². The van der Waals surface area contributed by atoms with Gasteiger partial charge in [0.05, 0.1) is 24.1 Å². The average molecular weight is 208 g/mol. The van der Waals surface area contributed by atoms with Gasteiger partial charge in [-0.3, -0.25) is 0 Å². The highest BCUT2D eigenvalue weighted by Crippen LogP contribution is 2.21. The van der Waals surface area contributed by atoms with E-state index < -0.39 is 0 Å². The summed E-state index contributed by atoms with van der Waals surface area (Å²) in [6, 6.07) is 5.90. The van der Waals surface area contributed by atoms with Crippen LogP contribution in [-0.4, -0.2) is 19.3 Å². The Bertz CT molecular complexity index is 290. The van der Waals surface area contributed by atoms with Crippen LogP contribution in [0.4, 0.5) is 11.4 Å². The van der Waals surface area contributed by atoms with Gasteiger partial charge in [0.2, 0.25) is 0 Å². The number of rotatable bonds is 5. The van der Waals surface area contributed by atoms with Crippen LogP contribution in [0.25, 0.3) is 0 Å². The van der Waals surface area contributed by atoms with Crippen molar-refractivity contribution in [3.05, 3.63) is 23.8 Å². The number of para-hydroxylation sites is 1. The second kappa shape index (κ2) is 5.61. The van der Waals surface area contributed by atoms with Crippen LogP contribution < -0.4 is 11.1 Å². The maximum atomic E-state index is 5.86. The molecular weight excluding hydrogens is 188 g/mol. The lowest BCUT2D eigenvalue weighted by Gasteiger charge is -2.13. The molecule has 1 aromatic rings. The normalized spacial score (nSPS) is 10.7. The molecule has 0 radical (unpaired) electrons. The molecule has 3 N–H and O–H groups in total. The molecule has 1 rings (SSSR count). The van der Waals surface area contributed by atoms with Crippen LogP contribution in [0.15, 0.2) is 18.2 Å². The summed E-state index contributed by atoms with van der Waals surface area (Å²) in [5.41, 5.74) is 8.84. The number of hydrogen-bond acceptors (Lipinski definition) is 3. The minimum Gasteiger partial charge on any atom is -0.397 e. The molecule has 0 aliphatic rings. The van der Waals surface area contributed by atoms with Crippen LogP contribution in [0.2, 0.25) is 0 Å². The van der Waals surface area contributed by atoms with Crippen molar-refractivity contribution in [3.63, 3.8) is 0 Å². The highest BCUT2D eigenvalue weighted by Gasteiger charge is 2.01. The number of aryl methyl sites for hydroxylation is 1. The average Bonchev–Trinajstić information content (AvgIpc) is 2.15. The summed E-state index contributed by atoms with van der Waals surface area (Å²) in [5.74, 6) is 0. The first-order valence-corrected chi connectivity index (χ1v) is 5.32. The molecule has 0 unspecified atom stereocenters. The lowest BCUT2D eigenvalue weighted by Crippen LogP contribution is -2.14. The highest BCUT2D eigenvalue weighted by molar-refractivity contribution is 5.69. The summed E-state index contributed by atoms with van der Waals surface area (Å²) in [4.78, 5) is 0. The van der Waals surface area contributed by atoms with Crippen molar-refractivity contribution in [2.75, 3.05) is 24.2 Å². The third kappa shape index (κ3) is 3.80. The second-order valence-corrected chi connectivity index (χ2v) is 3.89. The summed E-state index contributed by atoms with van der Waals surface area (Å²) in [6.07, 6.45) is 0.279. The molecule has 0 fully saturated rings. The zero-order valence-corrected chi connectivity index (χ0v) is 9.71. The van der Waals surface area contributed by atoms with Crippen LogP contribution in [0.5, 0.6) is 0 Å². The molecule has 0 spiro atoms. The molecule has 0 atom stereocenters. The van der Waals surface area contributed by atoms with Crippen molar-refractivity contribution >= 4 is 11.4 Å². The summed E-state index contributed by atoms with van der Waals surface area (Å²) < 4.78 is 5.44. The van der Waals surface area contributed by atoms with Gasteiger partial charge in [-0.25, -0.2) is 0 Å². The largest absolute Gasteiger partial charge is 0.397 e. The highest BCUT2D eigenvalue weighted by atomic mass is 16.5. The van der Waals surface area contributed by atoms with Gasteiger partial charge in [0.1, 0.15) is 0 Å². The quantitative estimate of drug-likeness (QED) is 0.577. The van der Waals surface area contributed by atoms with Crippen LogP contribution in [0.1, 0.15) is 19.4 Å². The number of nitrogens with two attached hydrogens (primary N) is 1. The fraction of sp³-hybridized carbons (Fsp3) is 0.500. The number of benzene rings is 1. The summed E-state index contributed by atoms with van der Waals surface area (Å²) in [5, 5.41) is 3.29. The molecule has 0 heterocycles. The van der Waals surface area contributed by atoms with E-state index in [0.717, 1.165) is 17.9 Å². The molecule has 0 saturated heterocycles. The van der Waals surface area contributed by atoms with Crippen molar-refractivity contribution in [2.45, 2.75) is 26.9 Å². The van der Waals surface area contributed by atoms with Gasteiger partial charge in [0.15, 0.2) is 0 Å². The monoisotopic (exact) mass is 208 g/mol. The van der Waals surface area contributed by atoms with Gasteiger partial charge >= 0.3 is 0 Å². The maximum absolute atomic E-state index is 5.86. The zero-order chi connectivity index (χ0) is 11.3. The molecule has 0 aromatic heterocycles. The van der Waals surface area contributed by atoms with Crippen LogP contribution >= 0.6 is 0 Å². The van der Waals surface area contributed by atoms with Crippen molar-refractivity contribution in [2.24, 2.45) is 0 Å². The van der Waals surface area contributed by atoms with Gasteiger partial charge < -0.3 is 15.8 Å². The van der Waals surface area contributed by atoms with E-state index in [0.29, 0.717) is 6.61 Å². The van der Waals surface area contributed by atoms with E-state index in [9.17, 15) is 0 Å². The van der Waals surface area contributed by atoms with Gasteiger partial charge in [-0.05, 0) is 32.4 Å². The number of ether oxygens (including phenoxy) is 1. The minimum absolute atomic E-state index is 0.279. The lowest BCUT2D eigenvalue weighted by molar-refractivity contribution is 0.0870. The first kappa shape index (κ1) is 11.9. The van der Waals surface area contributed by atoms with Crippen molar-refractivity contribution in [3.8, 4) is 0 Å². The van der Waals surface area contributed by atoms with E-state index in [-0.39, 0.29) is 6.10 Å². The molecule has 1 aromatic carbocycles. The minimum atomic E-state index is 0.279. The van der Waals surface area contributed by atoms with Gasteiger partial charge in [-0.15, -0.1) is 0 Å². The Morgan fingerprint density at radius 3 is 2.73 bits per heavy atom. The Labute approximate surface area is 91.6 Å². The molecule has 3 heteroatoms. The summed E-state index contributed by atoms with van der Waals surface area (Å²) in [7, 11) is 0. The topological polar surface area (TPSA) is 47.3 Å². The zero-order valence-electron chi connectivity index (χ0n) is 9.71. The smallest absolute Gasteiger partial charge is 0.0642 e. The molecule has 84 valence electrons. The molecule has 0 aliphatic heterocycles. The Kier molecular flexibility index (Phi) is 4.43. The van der Waals surface area contributed by atoms with E-state index in [4.69, 9.17) is 10.5 Å². The predicted octanol–water partition coefficient (Wildman–Crippen LogP) is 2.41. The molecule has 15 heavy (non-hydrogen) atoms. The number of nitrogen functional groups attached to an aromatic ring is 1. The molecule has 0 saturated carbocycles. The molecule has 0 aliphatic carbocycles. The van der Waals surface area contributed by atoms with Crippen LogP contribution in [-0.2, 0) is 4.74 Å². The maximum Gasteiger partial charge on any atom is 0.0642 e. The SMILES string of the molecule is Cc1cccc(N)c1NCCOC(C)C. The second-order valence-electron chi connectivity index (χ2n) is 3.89. The molecular formula is C12H20N2O.